The van der Waals surface area contributed by atoms with Gasteiger partial charge in [-0.25, -0.2) is 8.42 Å². The van der Waals surface area contributed by atoms with Crippen molar-refractivity contribution in [3.05, 3.63) is 66.2 Å². The highest BCUT2D eigenvalue weighted by molar-refractivity contribution is 7.92. The smallest absolute Gasteiger partial charge is 0.183 e. The molecular weight excluding hydrogens is 322 g/mol. The van der Waals surface area contributed by atoms with Gasteiger partial charge >= 0.3 is 0 Å². The maximum atomic E-state index is 13.1. The van der Waals surface area contributed by atoms with Crippen LogP contribution in [0.2, 0.25) is 0 Å². The molecule has 0 saturated heterocycles. The van der Waals surface area contributed by atoms with Crippen LogP contribution in [0.5, 0.6) is 0 Å². The van der Waals surface area contributed by atoms with E-state index in [2.05, 4.69) is 6.07 Å². The molecule has 1 saturated carbocycles. The van der Waals surface area contributed by atoms with Gasteiger partial charge < -0.3 is 4.74 Å². The van der Waals surface area contributed by atoms with E-state index in [9.17, 15) is 13.7 Å². The minimum atomic E-state index is -3.62. The SMILES string of the molecule is CCOC[C@]1(C#N)[C@H](c2ccccc2)[C@@H]1S(=O)(=O)c1ccccc1. The molecule has 3 atom stereocenters. The summed E-state index contributed by atoms with van der Waals surface area (Å²) in [4.78, 5) is 0.254. The normalized spacial score (nSPS) is 25.8. The van der Waals surface area contributed by atoms with Crippen LogP contribution < -0.4 is 0 Å². The topological polar surface area (TPSA) is 67.2 Å². The predicted molar refractivity (Wildman–Crippen MR) is 91.1 cm³/mol. The molecule has 0 amide bonds. The van der Waals surface area contributed by atoms with Gasteiger partial charge in [0.05, 0.1) is 22.8 Å². The molecule has 0 N–H and O–H groups in total. The molecule has 24 heavy (non-hydrogen) atoms. The molecule has 0 aromatic heterocycles. The molecule has 5 heteroatoms. The first-order chi connectivity index (χ1) is 11.6. The molecule has 2 aromatic rings. The Morgan fingerprint density at radius 3 is 2.21 bits per heavy atom. The lowest BCUT2D eigenvalue weighted by Crippen LogP contribution is -2.19. The Labute approximate surface area is 142 Å². The van der Waals surface area contributed by atoms with Crippen molar-refractivity contribution in [1.29, 1.82) is 5.26 Å². The molecule has 2 aromatic carbocycles. The van der Waals surface area contributed by atoms with Crippen LogP contribution in [0.15, 0.2) is 65.6 Å². The number of rotatable bonds is 6. The first kappa shape index (κ1) is 16.7. The molecule has 1 aliphatic rings. The minimum absolute atomic E-state index is 0.121. The largest absolute Gasteiger partial charge is 0.380 e. The highest BCUT2D eigenvalue weighted by Gasteiger charge is 2.72. The summed E-state index contributed by atoms with van der Waals surface area (Å²) in [7, 11) is -3.62. The van der Waals surface area contributed by atoms with E-state index in [0.29, 0.717) is 6.61 Å². The zero-order valence-corrected chi connectivity index (χ0v) is 14.2. The van der Waals surface area contributed by atoms with Gasteiger partial charge in [-0.2, -0.15) is 5.26 Å². The van der Waals surface area contributed by atoms with Gasteiger partial charge in [-0.05, 0) is 24.6 Å². The second kappa shape index (κ2) is 6.39. The maximum Gasteiger partial charge on any atom is 0.183 e. The van der Waals surface area contributed by atoms with Crippen LogP contribution >= 0.6 is 0 Å². The first-order valence-electron chi connectivity index (χ1n) is 7.91. The Balaban J connectivity index is 2.06. The summed E-state index contributed by atoms with van der Waals surface area (Å²) in [5.41, 5.74) is -0.172. The lowest BCUT2D eigenvalue weighted by atomic mass is 10.0. The molecule has 124 valence electrons. The summed E-state index contributed by atoms with van der Waals surface area (Å²) in [6, 6.07) is 20.0. The molecule has 1 aliphatic carbocycles. The van der Waals surface area contributed by atoms with Crippen molar-refractivity contribution < 1.29 is 13.2 Å². The molecule has 0 unspecified atom stereocenters. The van der Waals surface area contributed by atoms with Gasteiger partial charge in [0.15, 0.2) is 9.84 Å². The summed E-state index contributed by atoms with van der Waals surface area (Å²) < 4.78 is 31.7. The number of hydrogen-bond donors (Lipinski definition) is 0. The summed E-state index contributed by atoms with van der Waals surface area (Å²) in [5, 5.41) is 9.02. The molecule has 0 spiro atoms. The van der Waals surface area contributed by atoms with E-state index in [0.717, 1.165) is 5.56 Å². The average molecular weight is 341 g/mol. The summed E-state index contributed by atoms with van der Waals surface area (Å²) in [5.74, 6) is -0.375. The standard InChI is InChI=1S/C19H19NO3S/c1-2-23-14-19(13-20)17(15-9-5-3-6-10-15)18(19)24(21,22)16-11-7-4-8-12-16/h3-12,17-18H,2,14H2,1H3/t17-,18+,19-/m1/s1. The van der Waals surface area contributed by atoms with Gasteiger partial charge in [-0.15, -0.1) is 0 Å². The van der Waals surface area contributed by atoms with Gasteiger partial charge in [0.2, 0.25) is 0 Å². The summed E-state index contributed by atoms with van der Waals surface area (Å²) >= 11 is 0. The van der Waals surface area contributed by atoms with Gasteiger partial charge in [0.25, 0.3) is 0 Å². The molecule has 4 nitrogen and oxygen atoms in total. The minimum Gasteiger partial charge on any atom is -0.380 e. The Morgan fingerprint density at radius 1 is 1.08 bits per heavy atom. The van der Waals surface area contributed by atoms with Crippen molar-refractivity contribution in [3.8, 4) is 6.07 Å². The van der Waals surface area contributed by atoms with Gasteiger partial charge in [-0.1, -0.05) is 48.5 Å². The second-order valence-corrected chi connectivity index (χ2v) is 8.03. The molecular formula is C19H19NO3S. The number of ether oxygens (including phenoxy) is 1. The highest BCUT2D eigenvalue weighted by Crippen LogP contribution is 2.63. The predicted octanol–water partition coefficient (Wildman–Crippen LogP) is 3.17. The zero-order chi connectivity index (χ0) is 17.2. The zero-order valence-electron chi connectivity index (χ0n) is 13.4. The van der Waals surface area contributed by atoms with E-state index >= 15 is 0 Å². The number of hydrogen-bond acceptors (Lipinski definition) is 4. The lowest BCUT2D eigenvalue weighted by Gasteiger charge is -2.09. The van der Waals surface area contributed by atoms with Crippen molar-refractivity contribution in [1.82, 2.24) is 0 Å². The quantitative estimate of drug-likeness (QED) is 0.809. The Hall–Kier alpha value is -2.16. The average Bonchev–Trinajstić information content (AvgIpc) is 3.32. The first-order valence-corrected chi connectivity index (χ1v) is 9.45. The van der Waals surface area contributed by atoms with E-state index in [1.807, 2.05) is 37.3 Å². The Morgan fingerprint density at radius 2 is 1.67 bits per heavy atom. The van der Waals surface area contributed by atoms with Crippen molar-refractivity contribution >= 4 is 9.84 Å². The third-order valence-corrected chi connectivity index (χ3v) is 6.86. The van der Waals surface area contributed by atoms with E-state index in [-0.39, 0.29) is 17.4 Å². The Bertz CT molecular complexity index is 843. The van der Waals surface area contributed by atoms with Crippen LogP contribution in [0.4, 0.5) is 0 Å². The van der Waals surface area contributed by atoms with Crippen LogP contribution in [0, 0.1) is 16.7 Å². The van der Waals surface area contributed by atoms with Crippen LogP contribution in [-0.2, 0) is 14.6 Å². The number of nitriles is 1. The van der Waals surface area contributed by atoms with Crippen molar-refractivity contribution in [2.24, 2.45) is 5.41 Å². The van der Waals surface area contributed by atoms with Crippen molar-refractivity contribution in [2.75, 3.05) is 13.2 Å². The van der Waals surface area contributed by atoms with Gasteiger partial charge in [0.1, 0.15) is 5.41 Å². The van der Waals surface area contributed by atoms with Gasteiger partial charge in [0, 0.05) is 12.5 Å². The second-order valence-electron chi connectivity index (χ2n) is 5.96. The van der Waals surface area contributed by atoms with E-state index in [1.54, 1.807) is 30.3 Å². The molecule has 3 rings (SSSR count). The summed E-state index contributed by atoms with van der Waals surface area (Å²) in [6.07, 6.45) is 0. The maximum absolute atomic E-state index is 13.1. The van der Waals surface area contributed by atoms with E-state index in [1.165, 1.54) is 0 Å². The molecule has 0 heterocycles. The monoisotopic (exact) mass is 341 g/mol. The fourth-order valence-electron chi connectivity index (χ4n) is 3.36. The van der Waals surface area contributed by atoms with Crippen LogP contribution in [0.25, 0.3) is 0 Å². The summed E-state index contributed by atoms with van der Waals surface area (Å²) in [6.45, 7) is 2.41. The third kappa shape index (κ3) is 2.62. The van der Waals surface area contributed by atoms with Gasteiger partial charge in [-0.3, -0.25) is 0 Å². The third-order valence-electron chi connectivity index (χ3n) is 4.57. The number of sulfone groups is 1. The van der Waals surface area contributed by atoms with Crippen LogP contribution in [0.3, 0.4) is 0 Å². The van der Waals surface area contributed by atoms with Crippen LogP contribution in [0.1, 0.15) is 18.4 Å². The molecule has 0 bridgehead atoms. The number of benzene rings is 2. The van der Waals surface area contributed by atoms with E-state index < -0.39 is 20.5 Å². The van der Waals surface area contributed by atoms with Crippen LogP contribution in [-0.4, -0.2) is 26.9 Å². The molecule has 0 aliphatic heterocycles. The lowest BCUT2D eigenvalue weighted by molar-refractivity contribution is 0.117. The Kier molecular flexibility index (Phi) is 4.44. The van der Waals surface area contributed by atoms with E-state index in [4.69, 9.17) is 4.74 Å². The molecule has 1 fully saturated rings. The fourth-order valence-corrected chi connectivity index (χ4v) is 5.69. The van der Waals surface area contributed by atoms with Crippen molar-refractivity contribution in [2.45, 2.75) is 23.0 Å². The molecule has 0 radical (unpaired) electrons. The highest BCUT2D eigenvalue weighted by atomic mass is 32.2. The fraction of sp³-hybridized carbons (Fsp3) is 0.316. The number of nitrogens with zero attached hydrogens (tertiary/aromatic N) is 1. The van der Waals surface area contributed by atoms with Crippen molar-refractivity contribution in [3.63, 3.8) is 0 Å².